The minimum atomic E-state index is -1.11. The molecule has 0 amide bonds. The number of allylic oxidation sites excluding steroid dienone is 1. The molecule has 104 valence electrons. The molecule has 0 aliphatic carbocycles. The largest absolute Gasteiger partial charge is 0.468 e. The number of halogens is 2. The summed E-state index contributed by atoms with van der Waals surface area (Å²) in [6.45, 7) is 3.59. The van der Waals surface area contributed by atoms with Crippen LogP contribution in [0.3, 0.4) is 0 Å². The number of ketones is 1. The number of benzene rings is 1. The van der Waals surface area contributed by atoms with Crippen molar-refractivity contribution in [2.45, 2.75) is 0 Å². The SMILES string of the molecule is C=C1NC(=Cc2c(F)cccc2Cl)C(=O)C1C(=O)OC. The second kappa shape index (κ2) is 5.46. The van der Waals surface area contributed by atoms with Crippen molar-refractivity contribution in [1.29, 1.82) is 0 Å². The Hall–Kier alpha value is -2.14. The van der Waals surface area contributed by atoms with Crippen LogP contribution in [0.4, 0.5) is 4.39 Å². The maximum Gasteiger partial charge on any atom is 0.322 e. The summed E-state index contributed by atoms with van der Waals surface area (Å²) in [6, 6.07) is 4.19. The number of nitrogens with one attached hydrogen (secondary N) is 1. The molecule has 1 saturated heterocycles. The topological polar surface area (TPSA) is 55.4 Å². The summed E-state index contributed by atoms with van der Waals surface area (Å²) >= 11 is 5.88. The number of ether oxygens (including phenoxy) is 1. The molecule has 1 fully saturated rings. The number of hydrogen-bond acceptors (Lipinski definition) is 4. The second-order valence-electron chi connectivity index (χ2n) is 4.16. The van der Waals surface area contributed by atoms with Gasteiger partial charge in [-0.2, -0.15) is 0 Å². The third-order valence-electron chi connectivity index (χ3n) is 2.90. The third-order valence-corrected chi connectivity index (χ3v) is 3.23. The molecule has 0 bridgehead atoms. The highest BCUT2D eigenvalue weighted by Crippen LogP contribution is 2.27. The molecule has 0 saturated carbocycles. The van der Waals surface area contributed by atoms with E-state index in [1.165, 1.54) is 31.4 Å². The number of methoxy groups -OCH3 is 1. The summed E-state index contributed by atoms with van der Waals surface area (Å²) < 4.78 is 18.2. The molecule has 1 heterocycles. The van der Waals surface area contributed by atoms with Gasteiger partial charge in [0.2, 0.25) is 0 Å². The highest BCUT2D eigenvalue weighted by molar-refractivity contribution is 6.32. The van der Waals surface area contributed by atoms with Crippen LogP contribution >= 0.6 is 11.6 Å². The van der Waals surface area contributed by atoms with Crippen molar-refractivity contribution in [3.8, 4) is 0 Å². The number of rotatable bonds is 2. The molecule has 2 rings (SSSR count). The fraction of sp³-hybridized carbons (Fsp3) is 0.143. The van der Waals surface area contributed by atoms with E-state index in [0.29, 0.717) is 0 Å². The van der Waals surface area contributed by atoms with Gasteiger partial charge in [-0.25, -0.2) is 4.39 Å². The average Bonchev–Trinajstić information content (AvgIpc) is 2.68. The van der Waals surface area contributed by atoms with E-state index in [1.54, 1.807) is 0 Å². The quantitative estimate of drug-likeness (QED) is 0.517. The van der Waals surface area contributed by atoms with Crippen LogP contribution in [0.1, 0.15) is 5.56 Å². The van der Waals surface area contributed by atoms with Crippen molar-refractivity contribution in [2.24, 2.45) is 5.92 Å². The second-order valence-corrected chi connectivity index (χ2v) is 4.57. The minimum absolute atomic E-state index is 0.0531. The van der Waals surface area contributed by atoms with Crippen LogP contribution in [0.2, 0.25) is 5.02 Å². The first-order valence-corrected chi connectivity index (χ1v) is 6.07. The summed E-state index contributed by atoms with van der Waals surface area (Å²) in [7, 11) is 1.18. The zero-order valence-electron chi connectivity index (χ0n) is 10.6. The van der Waals surface area contributed by atoms with Crippen LogP contribution in [0.15, 0.2) is 36.2 Å². The Labute approximate surface area is 119 Å². The summed E-state index contributed by atoms with van der Waals surface area (Å²) in [6.07, 6.45) is 1.26. The van der Waals surface area contributed by atoms with Gasteiger partial charge < -0.3 is 10.1 Å². The van der Waals surface area contributed by atoms with Crippen LogP contribution in [-0.2, 0) is 14.3 Å². The van der Waals surface area contributed by atoms with E-state index in [4.69, 9.17) is 11.6 Å². The molecule has 4 nitrogen and oxygen atoms in total. The molecule has 20 heavy (non-hydrogen) atoms. The molecule has 0 spiro atoms. The highest BCUT2D eigenvalue weighted by Gasteiger charge is 2.39. The van der Waals surface area contributed by atoms with Crippen molar-refractivity contribution >= 4 is 29.4 Å². The fourth-order valence-electron chi connectivity index (χ4n) is 1.89. The number of Topliss-reactive ketones (excluding diaryl/α,β-unsaturated/α-hetero) is 1. The van der Waals surface area contributed by atoms with E-state index in [0.717, 1.165) is 0 Å². The van der Waals surface area contributed by atoms with Crippen LogP contribution in [0, 0.1) is 11.7 Å². The minimum Gasteiger partial charge on any atom is -0.468 e. The summed E-state index contributed by atoms with van der Waals surface area (Å²) in [4.78, 5) is 23.6. The first-order chi connectivity index (χ1) is 9.45. The van der Waals surface area contributed by atoms with Gasteiger partial charge in [-0.3, -0.25) is 9.59 Å². The molecule has 1 aliphatic heterocycles. The summed E-state index contributed by atoms with van der Waals surface area (Å²) in [5.41, 5.74) is 0.321. The number of hydrogen-bond donors (Lipinski definition) is 1. The van der Waals surface area contributed by atoms with E-state index in [2.05, 4.69) is 16.6 Å². The van der Waals surface area contributed by atoms with Gasteiger partial charge in [0.25, 0.3) is 0 Å². The Balaban J connectivity index is 2.40. The lowest BCUT2D eigenvalue weighted by Gasteiger charge is -2.04. The highest BCUT2D eigenvalue weighted by atomic mass is 35.5. The molecular weight excluding hydrogens is 285 g/mol. The van der Waals surface area contributed by atoms with E-state index in [1.807, 2.05) is 0 Å². The van der Waals surface area contributed by atoms with Crippen molar-refractivity contribution in [1.82, 2.24) is 5.32 Å². The van der Waals surface area contributed by atoms with Gasteiger partial charge in [-0.15, -0.1) is 0 Å². The van der Waals surface area contributed by atoms with Gasteiger partial charge in [0.05, 0.1) is 17.8 Å². The molecule has 1 N–H and O–H groups in total. The van der Waals surface area contributed by atoms with Crippen molar-refractivity contribution in [3.05, 3.63) is 52.6 Å². The molecule has 1 atom stereocenters. The van der Waals surface area contributed by atoms with E-state index >= 15 is 0 Å². The molecule has 0 aromatic heterocycles. The fourth-order valence-corrected chi connectivity index (χ4v) is 2.11. The van der Waals surface area contributed by atoms with Gasteiger partial charge in [-0.1, -0.05) is 24.2 Å². The predicted molar refractivity (Wildman–Crippen MR) is 72.2 cm³/mol. The van der Waals surface area contributed by atoms with Gasteiger partial charge >= 0.3 is 5.97 Å². The lowest BCUT2D eigenvalue weighted by molar-refractivity contribution is -0.146. The van der Waals surface area contributed by atoms with E-state index in [-0.39, 0.29) is 22.0 Å². The zero-order valence-corrected chi connectivity index (χ0v) is 11.3. The van der Waals surface area contributed by atoms with E-state index in [9.17, 15) is 14.0 Å². The first-order valence-electron chi connectivity index (χ1n) is 5.69. The lowest BCUT2D eigenvalue weighted by atomic mass is 10.0. The van der Waals surface area contributed by atoms with Gasteiger partial charge in [-0.05, 0) is 18.2 Å². The molecule has 1 aliphatic rings. The molecule has 6 heteroatoms. The molecule has 0 radical (unpaired) electrons. The zero-order chi connectivity index (χ0) is 14.9. The maximum absolute atomic E-state index is 13.7. The van der Waals surface area contributed by atoms with Crippen LogP contribution in [-0.4, -0.2) is 18.9 Å². The molecule has 1 aromatic rings. The van der Waals surface area contributed by atoms with Crippen molar-refractivity contribution in [3.63, 3.8) is 0 Å². The van der Waals surface area contributed by atoms with Gasteiger partial charge in [0.15, 0.2) is 11.7 Å². The Bertz CT molecular complexity index is 619. The third kappa shape index (κ3) is 2.44. The van der Waals surface area contributed by atoms with Crippen LogP contribution in [0.25, 0.3) is 6.08 Å². The van der Waals surface area contributed by atoms with Crippen molar-refractivity contribution < 1.29 is 18.7 Å². The summed E-state index contributed by atoms with van der Waals surface area (Å²) in [5.74, 6) is -2.92. The molecule has 1 aromatic carbocycles. The lowest BCUT2D eigenvalue weighted by Crippen LogP contribution is -2.21. The smallest absolute Gasteiger partial charge is 0.322 e. The van der Waals surface area contributed by atoms with Gasteiger partial charge in [0.1, 0.15) is 5.82 Å². The monoisotopic (exact) mass is 295 g/mol. The summed E-state index contributed by atoms with van der Waals surface area (Å²) in [5, 5.41) is 2.83. The van der Waals surface area contributed by atoms with E-state index < -0.39 is 23.5 Å². The van der Waals surface area contributed by atoms with Gasteiger partial charge in [0, 0.05) is 11.3 Å². The normalized spacial score (nSPS) is 20.1. The first kappa shape index (κ1) is 14.3. The Morgan fingerprint density at radius 1 is 1.55 bits per heavy atom. The average molecular weight is 296 g/mol. The standard InChI is InChI=1S/C14H11ClFNO3/c1-7-12(14(19)20-2)13(18)11(17-7)6-8-9(15)4-3-5-10(8)16/h3-6,12,17H,1H2,2H3. The molecule has 1 unspecified atom stereocenters. The molecular formula is C14H11ClFNO3. The number of carbonyl (C=O) groups is 2. The predicted octanol–water partition coefficient (Wildman–Crippen LogP) is 2.30. The van der Waals surface area contributed by atoms with Crippen LogP contribution < -0.4 is 5.32 Å². The maximum atomic E-state index is 13.7. The number of esters is 1. The van der Waals surface area contributed by atoms with Crippen molar-refractivity contribution in [2.75, 3.05) is 7.11 Å². The Kier molecular flexibility index (Phi) is 3.90. The Morgan fingerprint density at radius 2 is 2.25 bits per heavy atom. The Morgan fingerprint density at radius 3 is 2.85 bits per heavy atom. The van der Waals surface area contributed by atoms with Crippen LogP contribution in [0.5, 0.6) is 0 Å². The number of carbonyl (C=O) groups excluding carboxylic acids is 2.